The predicted octanol–water partition coefficient (Wildman–Crippen LogP) is -2.08. The monoisotopic (exact) mass is 304 g/mol. The van der Waals surface area contributed by atoms with Crippen molar-refractivity contribution in [1.29, 1.82) is 0 Å². The van der Waals surface area contributed by atoms with Gasteiger partial charge >= 0.3 is 49.9 Å². The second-order valence-corrected chi connectivity index (χ2v) is 3.49. The van der Waals surface area contributed by atoms with Crippen molar-refractivity contribution in [2.75, 3.05) is 0 Å². The van der Waals surface area contributed by atoms with E-state index in [2.05, 4.69) is 2.60 Å². The van der Waals surface area contributed by atoms with E-state index < -0.39 is 7.82 Å². The molecule has 0 atom stereocenters. The van der Waals surface area contributed by atoms with Crippen LogP contribution in [0.4, 0.5) is 0 Å². The van der Waals surface area contributed by atoms with Gasteiger partial charge in [-0.3, -0.25) is 0 Å². The van der Waals surface area contributed by atoms with Crippen LogP contribution >= 0.6 is 7.82 Å². The maximum absolute atomic E-state index is 9.28. The third kappa shape index (κ3) is 4.99. The number of rotatable bonds is 1. The molecule has 0 rings (SSSR count). The Morgan fingerprint density at radius 3 is 1.83 bits per heavy atom. The second kappa shape index (κ2) is 2.34. The van der Waals surface area contributed by atoms with Crippen molar-refractivity contribution < 1.29 is 17.0 Å². The molecule has 0 aromatic heterocycles. The Hall–Kier alpha value is 0.993. The fourth-order valence-electron chi connectivity index (χ4n) is 0. The summed E-state index contributed by atoms with van der Waals surface area (Å²) in [5.41, 5.74) is 0. The summed E-state index contributed by atoms with van der Waals surface area (Å²) < 4.78 is 12.8. The van der Waals surface area contributed by atoms with Crippen LogP contribution in [0.3, 0.4) is 0 Å². The van der Waals surface area contributed by atoms with E-state index in [0.717, 1.165) is 0 Å². The molecular weight excluding hydrogens is 304 g/mol. The Labute approximate surface area is 50.2 Å². The van der Waals surface area contributed by atoms with Crippen molar-refractivity contribution in [2.24, 2.45) is 0 Å². The van der Waals surface area contributed by atoms with Gasteiger partial charge in [-0.25, -0.2) is 0 Å². The van der Waals surface area contributed by atoms with Gasteiger partial charge in [-0.05, 0) is 0 Å². The van der Waals surface area contributed by atoms with Crippen molar-refractivity contribution in [1.82, 2.24) is 0 Å². The van der Waals surface area contributed by atoms with Gasteiger partial charge in [0.25, 0.3) is 0 Å². The molecule has 36 valence electrons. The molecule has 0 aliphatic carbocycles. The minimum atomic E-state index is -4.60. The fraction of sp³-hybridized carbons (Fsp3) is 0. The first kappa shape index (κ1) is 6.99. The van der Waals surface area contributed by atoms with Crippen LogP contribution in [0.5, 0.6) is 0 Å². The Kier molecular flexibility index (Phi) is 2.73. The van der Waals surface area contributed by atoms with E-state index in [0.29, 0.717) is 0 Å². The van der Waals surface area contributed by atoms with Crippen LogP contribution in [0.25, 0.3) is 0 Å². The molecule has 0 aromatic carbocycles. The average molecular weight is 304 g/mol. The summed E-state index contributed by atoms with van der Waals surface area (Å²) in [6.45, 7) is 0. The fourth-order valence-corrected chi connectivity index (χ4v) is 0. The van der Waals surface area contributed by atoms with Crippen molar-refractivity contribution in [2.45, 2.75) is 0 Å². The quantitative estimate of drug-likeness (QED) is 0.411. The van der Waals surface area contributed by atoms with Gasteiger partial charge in [-0.15, -0.1) is 0 Å². The number of hydrogen-bond acceptors (Lipinski definition) is 4. The summed E-state index contributed by atoms with van der Waals surface area (Å²) in [6.07, 6.45) is 0. The average Bonchev–Trinajstić information content (AvgIpc) is 1.35. The molecule has 0 heterocycles. The van der Waals surface area contributed by atoms with Crippen LogP contribution in [-0.4, -0.2) is 25.2 Å². The topological polar surface area (TPSA) is 72.4 Å². The van der Waals surface area contributed by atoms with E-state index in [1.165, 1.54) is 0 Å². The van der Waals surface area contributed by atoms with Crippen molar-refractivity contribution in [3.8, 4) is 0 Å². The van der Waals surface area contributed by atoms with Crippen molar-refractivity contribution in [3.05, 3.63) is 0 Å². The normalized spacial score (nSPS) is 11.8. The summed E-state index contributed by atoms with van der Waals surface area (Å²) in [5.74, 6) is 0. The summed E-state index contributed by atoms with van der Waals surface area (Å²) in [4.78, 5) is 18.6. The van der Waals surface area contributed by atoms with Gasteiger partial charge in [0.05, 0.1) is 0 Å². The maximum atomic E-state index is 9.28. The molecule has 0 aromatic rings. The van der Waals surface area contributed by atoms with Crippen LogP contribution in [0.2, 0.25) is 0 Å². The van der Waals surface area contributed by atoms with E-state index in [9.17, 15) is 14.4 Å². The van der Waals surface area contributed by atoms with Crippen LogP contribution in [-0.2, 0) is 7.17 Å². The second-order valence-electron chi connectivity index (χ2n) is 0.529. The molecule has 0 N–H and O–H groups in total. The predicted molar refractivity (Wildman–Crippen MR) is 14.4 cm³/mol. The third-order valence-corrected chi connectivity index (χ3v) is 2.63. The first-order valence-electron chi connectivity index (χ1n) is 0.913. The zero-order valence-electron chi connectivity index (χ0n) is 2.53. The van der Waals surface area contributed by atoms with Crippen LogP contribution in [0, 0.1) is 0 Å². The third-order valence-electron chi connectivity index (χ3n) is 0.100. The Morgan fingerprint density at radius 2 is 1.83 bits per heavy atom. The molecule has 0 fully saturated rings. The molecule has 0 unspecified atom stereocenters. The summed E-state index contributed by atoms with van der Waals surface area (Å²) in [5, 5.41) is 0. The van der Waals surface area contributed by atoms with Gasteiger partial charge < -0.3 is 0 Å². The Bertz CT molecular complexity index is 71.6. The van der Waals surface area contributed by atoms with E-state index in [4.69, 9.17) is 0 Å². The summed E-state index contributed by atoms with van der Waals surface area (Å²) in [7, 11) is -4.60. The van der Waals surface area contributed by atoms with Gasteiger partial charge in [0.15, 0.2) is 0 Å². The van der Waals surface area contributed by atoms with E-state index in [1.54, 1.807) is 0 Å². The zero-order valence-corrected chi connectivity index (χ0v) is 6.90. The number of hydrogen-bond donors (Lipinski definition) is 0. The molecule has 0 spiro atoms. The molecule has 2 radical (unpaired) electrons. The van der Waals surface area contributed by atoms with Gasteiger partial charge in [0.2, 0.25) is 0 Å². The summed E-state index contributed by atoms with van der Waals surface area (Å²) >= 11 is 0.132. The SMILES string of the molecule is O=P([O-])([O-])[O][Bi]. The van der Waals surface area contributed by atoms with Gasteiger partial charge in [-0.1, -0.05) is 0 Å². The standard InChI is InChI=1S/Bi.H3O4P/c;1-5(2,3)4/h;(H3,1,2,3,4)/q+1;/p-3. The molecule has 0 saturated carbocycles. The molecule has 4 nitrogen and oxygen atoms in total. The van der Waals surface area contributed by atoms with Crippen molar-refractivity contribution in [3.63, 3.8) is 0 Å². The molecule has 0 bridgehead atoms. The van der Waals surface area contributed by atoms with E-state index >= 15 is 0 Å². The minimum absolute atomic E-state index is 0.132. The first-order chi connectivity index (χ1) is 2.56. The molecule has 0 amide bonds. The molecule has 0 aliphatic heterocycles. The van der Waals surface area contributed by atoms with Crippen LogP contribution in [0.1, 0.15) is 0 Å². The Balaban J connectivity index is 3.48. The van der Waals surface area contributed by atoms with Crippen molar-refractivity contribution >= 4 is 33.0 Å². The van der Waals surface area contributed by atoms with E-state index in [1.807, 2.05) is 0 Å². The molecular formula is BiO4P-2. The van der Waals surface area contributed by atoms with Crippen LogP contribution in [0.15, 0.2) is 0 Å². The molecule has 6 heteroatoms. The molecule has 6 heavy (non-hydrogen) atoms. The summed E-state index contributed by atoms with van der Waals surface area (Å²) in [6, 6.07) is 0. The van der Waals surface area contributed by atoms with Gasteiger partial charge in [-0.2, -0.15) is 0 Å². The zero-order chi connectivity index (χ0) is 5.21. The van der Waals surface area contributed by atoms with Gasteiger partial charge in [0, 0.05) is 0 Å². The van der Waals surface area contributed by atoms with Crippen LogP contribution < -0.4 is 9.79 Å². The Morgan fingerprint density at radius 1 is 1.67 bits per heavy atom. The molecule has 0 aliphatic rings. The van der Waals surface area contributed by atoms with E-state index in [-0.39, 0.29) is 25.2 Å². The first-order valence-corrected chi connectivity index (χ1v) is 3.79. The van der Waals surface area contributed by atoms with Gasteiger partial charge in [0.1, 0.15) is 0 Å². The number of phosphoric acid groups is 1. The molecule has 0 saturated heterocycles.